The Kier molecular flexibility index (Phi) is 6.16. The molecule has 162 valence electrons. The van der Waals surface area contributed by atoms with E-state index >= 15 is 0 Å². The van der Waals surface area contributed by atoms with Crippen LogP contribution in [0.2, 0.25) is 0 Å². The van der Waals surface area contributed by atoms with E-state index in [4.69, 9.17) is 4.74 Å². The molecule has 2 aliphatic rings. The molecule has 2 saturated heterocycles. The summed E-state index contributed by atoms with van der Waals surface area (Å²) in [6.45, 7) is 2.22. The predicted molar refractivity (Wildman–Crippen MR) is 112 cm³/mol. The Morgan fingerprint density at radius 1 is 1.00 bits per heavy atom. The number of benzene rings is 1. The van der Waals surface area contributed by atoms with Crippen LogP contribution in [0.25, 0.3) is 0 Å². The maximum atomic E-state index is 12.4. The Labute approximate surface area is 180 Å². The molecular formula is C23H25N3O5. The summed E-state index contributed by atoms with van der Waals surface area (Å²) in [6.07, 6.45) is 4.86. The third kappa shape index (κ3) is 4.84. The van der Waals surface area contributed by atoms with E-state index in [1.165, 1.54) is 12.3 Å². The number of H-pyrrole nitrogens is 1. The highest BCUT2D eigenvalue weighted by atomic mass is 16.5. The van der Waals surface area contributed by atoms with Crippen LogP contribution in [0.3, 0.4) is 0 Å². The zero-order valence-electron chi connectivity index (χ0n) is 17.3. The zero-order chi connectivity index (χ0) is 21.8. The number of nitrogens with zero attached hydrogens (tertiary/aromatic N) is 2. The summed E-state index contributed by atoms with van der Waals surface area (Å²) < 4.78 is 5.18. The van der Waals surface area contributed by atoms with E-state index in [2.05, 4.69) is 4.98 Å². The van der Waals surface area contributed by atoms with Gasteiger partial charge in [-0.2, -0.15) is 0 Å². The Morgan fingerprint density at radius 3 is 2.55 bits per heavy atom. The van der Waals surface area contributed by atoms with Crippen LogP contribution in [0.15, 0.2) is 36.5 Å². The van der Waals surface area contributed by atoms with Gasteiger partial charge in [0, 0.05) is 44.4 Å². The van der Waals surface area contributed by atoms with Crippen molar-refractivity contribution in [2.75, 3.05) is 26.2 Å². The number of Topliss-reactive ketones (excluding diaryl/α,β-unsaturated/α-hetero) is 1. The molecule has 0 aliphatic carbocycles. The zero-order valence-corrected chi connectivity index (χ0v) is 17.3. The van der Waals surface area contributed by atoms with Crippen molar-refractivity contribution in [1.82, 2.24) is 14.8 Å². The van der Waals surface area contributed by atoms with Gasteiger partial charge in [-0.3, -0.25) is 14.4 Å². The first-order chi connectivity index (χ1) is 15.0. The minimum atomic E-state index is -0.605. The van der Waals surface area contributed by atoms with Crippen LogP contribution < -0.4 is 0 Å². The van der Waals surface area contributed by atoms with E-state index in [0.29, 0.717) is 29.8 Å². The van der Waals surface area contributed by atoms with Gasteiger partial charge < -0.3 is 19.5 Å². The van der Waals surface area contributed by atoms with Crippen LogP contribution in [-0.4, -0.2) is 64.6 Å². The molecule has 2 fully saturated rings. The number of aromatic amines is 1. The lowest BCUT2D eigenvalue weighted by Gasteiger charge is -2.15. The van der Waals surface area contributed by atoms with E-state index in [1.807, 2.05) is 6.07 Å². The number of hydrogen-bond donors (Lipinski definition) is 1. The SMILES string of the molecule is O=C(COC(=O)c1cccc(CN2CCCC2=O)c1)c1c[nH]c(C(=O)N2CCCC2)c1. The lowest BCUT2D eigenvalue weighted by molar-refractivity contribution is -0.128. The van der Waals surface area contributed by atoms with Gasteiger partial charge in [-0.15, -0.1) is 0 Å². The van der Waals surface area contributed by atoms with Crippen molar-refractivity contribution in [3.05, 3.63) is 58.9 Å². The van der Waals surface area contributed by atoms with Gasteiger partial charge >= 0.3 is 5.97 Å². The molecule has 2 aliphatic heterocycles. The van der Waals surface area contributed by atoms with Crippen molar-refractivity contribution < 1.29 is 23.9 Å². The third-order valence-electron chi connectivity index (χ3n) is 5.67. The van der Waals surface area contributed by atoms with Crippen molar-refractivity contribution in [3.63, 3.8) is 0 Å². The van der Waals surface area contributed by atoms with Crippen LogP contribution >= 0.6 is 0 Å². The molecule has 2 amide bonds. The Bertz CT molecular complexity index is 1010. The van der Waals surface area contributed by atoms with Crippen molar-refractivity contribution >= 4 is 23.6 Å². The fourth-order valence-electron chi connectivity index (χ4n) is 3.96. The summed E-state index contributed by atoms with van der Waals surface area (Å²) in [5.74, 6) is -0.995. The quantitative estimate of drug-likeness (QED) is 0.545. The number of nitrogens with one attached hydrogen (secondary N) is 1. The molecule has 0 bridgehead atoms. The molecule has 0 spiro atoms. The lowest BCUT2D eigenvalue weighted by Crippen LogP contribution is -2.27. The van der Waals surface area contributed by atoms with Crippen LogP contribution in [0, 0.1) is 0 Å². The lowest BCUT2D eigenvalue weighted by atomic mass is 10.1. The first-order valence-electron chi connectivity index (χ1n) is 10.6. The smallest absolute Gasteiger partial charge is 0.338 e. The predicted octanol–water partition coefficient (Wildman–Crippen LogP) is 2.41. The number of likely N-dealkylation sites (tertiary alicyclic amines) is 2. The van der Waals surface area contributed by atoms with Gasteiger partial charge in [-0.25, -0.2) is 4.79 Å². The first kappa shape index (κ1) is 20.8. The molecule has 0 radical (unpaired) electrons. The van der Waals surface area contributed by atoms with E-state index in [1.54, 1.807) is 28.0 Å². The van der Waals surface area contributed by atoms with Crippen LogP contribution in [0.5, 0.6) is 0 Å². The van der Waals surface area contributed by atoms with Crippen molar-refractivity contribution in [1.29, 1.82) is 0 Å². The Morgan fingerprint density at radius 2 is 1.81 bits per heavy atom. The molecule has 8 nitrogen and oxygen atoms in total. The molecule has 31 heavy (non-hydrogen) atoms. The average molecular weight is 423 g/mol. The Balaban J connectivity index is 1.32. The molecule has 2 aromatic rings. The summed E-state index contributed by atoms with van der Waals surface area (Å²) in [4.78, 5) is 55.3. The van der Waals surface area contributed by atoms with Crippen molar-refractivity contribution in [2.24, 2.45) is 0 Å². The maximum Gasteiger partial charge on any atom is 0.338 e. The minimum Gasteiger partial charge on any atom is -0.454 e. The van der Waals surface area contributed by atoms with Gasteiger partial charge in [0.25, 0.3) is 5.91 Å². The average Bonchev–Trinajstić information content (AvgIpc) is 3.54. The number of hydrogen-bond acceptors (Lipinski definition) is 5. The molecule has 0 saturated carbocycles. The van der Waals surface area contributed by atoms with Crippen molar-refractivity contribution in [3.8, 4) is 0 Å². The summed E-state index contributed by atoms with van der Waals surface area (Å²) in [5.41, 5.74) is 1.83. The number of ketones is 1. The van der Waals surface area contributed by atoms with E-state index in [0.717, 1.165) is 44.5 Å². The molecule has 1 N–H and O–H groups in total. The summed E-state index contributed by atoms with van der Waals surface area (Å²) >= 11 is 0. The van der Waals surface area contributed by atoms with Gasteiger partial charge in [-0.1, -0.05) is 12.1 Å². The van der Waals surface area contributed by atoms with Gasteiger partial charge in [0.05, 0.1) is 5.56 Å². The topological polar surface area (TPSA) is 99.8 Å². The molecule has 0 unspecified atom stereocenters. The summed E-state index contributed by atoms with van der Waals surface area (Å²) in [7, 11) is 0. The number of carbonyl (C=O) groups excluding carboxylic acids is 4. The van der Waals surface area contributed by atoms with Gasteiger partial charge in [0.2, 0.25) is 11.7 Å². The number of amides is 2. The largest absolute Gasteiger partial charge is 0.454 e. The van der Waals surface area contributed by atoms with E-state index < -0.39 is 12.6 Å². The van der Waals surface area contributed by atoms with E-state index in [9.17, 15) is 19.2 Å². The summed E-state index contributed by atoms with van der Waals surface area (Å²) in [5, 5.41) is 0. The van der Waals surface area contributed by atoms with Crippen LogP contribution in [-0.2, 0) is 16.1 Å². The molecule has 1 aromatic heterocycles. The van der Waals surface area contributed by atoms with E-state index in [-0.39, 0.29) is 17.6 Å². The molecule has 3 heterocycles. The van der Waals surface area contributed by atoms with Gasteiger partial charge in [0.1, 0.15) is 5.69 Å². The highest BCUT2D eigenvalue weighted by Gasteiger charge is 2.23. The highest BCUT2D eigenvalue weighted by Crippen LogP contribution is 2.16. The number of carbonyl (C=O) groups is 4. The summed E-state index contributed by atoms with van der Waals surface area (Å²) in [6, 6.07) is 8.39. The standard InChI is InChI=1S/C23H25N3O5/c27-20(18-12-19(24-13-18)22(29)25-8-1-2-9-25)15-31-23(30)17-6-3-5-16(11-17)14-26-10-4-7-21(26)28/h3,5-6,11-13,24H,1-2,4,7-10,14-15H2. The molecule has 1 aromatic carbocycles. The fraction of sp³-hybridized carbons (Fsp3) is 0.391. The second kappa shape index (κ2) is 9.16. The highest BCUT2D eigenvalue weighted by molar-refractivity contribution is 6.02. The minimum absolute atomic E-state index is 0.118. The Hall–Kier alpha value is -3.42. The molecular weight excluding hydrogens is 398 g/mol. The number of aromatic nitrogens is 1. The van der Waals surface area contributed by atoms with Crippen LogP contribution in [0.4, 0.5) is 0 Å². The molecule has 0 atom stereocenters. The number of esters is 1. The molecule has 4 rings (SSSR count). The normalized spacial score (nSPS) is 16.1. The maximum absolute atomic E-state index is 12.4. The van der Waals surface area contributed by atoms with Gasteiger partial charge in [0.15, 0.2) is 6.61 Å². The second-order valence-electron chi connectivity index (χ2n) is 7.92. The molecule has 8 heteroatoms. The van der Waals surface area contributed by atoms with Crippen LogP contribution in [0.1, 0.15) is 62.5 Å². The number of ether oxygens (including phenoxy) is 1. The third-order valence-corrected chi connectivity index (χ3v) is 5.67. The first-order valence-corrected chi connectivity index (χ1v) is 10.6. The van der Waals surface area contributed by atoms with Crippen molar-refractivity contribution in [2.45, 2.75) is 32.2 Å². The monoisotopic (exact) mass is 423 g/mol. The van der Waals surface area contributed by atoms with Gasteiger partial charge in [-0.05, 0) is 43.0 Å². The number of rotatable bonds is 7. The second-order valence-corrected chi connectivity index (χ2v) is 7.92. The fourth-order valence-corrected chi connectivity index (χ4v) is 3.96.